The van der Waals surface area contributed by atoms with Crippen molar-refractivity contribution in [2.24, 2.45) is 5.41 Å². The summed E-state index contributed by atoms with van der Waals surface area (Å²) < 4.78 is 0. The van der Waals surface area contributed by atoms with Gasteiger partial charge in [-0.15, -0.1) is 0 Å². The maximum Gasteiger partial charge on any atom is 0.0292 e. The van der Waals surface area contributed by atoms with Gasteiger partial charge in [-0.3, -0.25) is 0 Å². The molecule has 1 unspecified atom stereocenters. The van der Waals surface area contributed by atoms with Crippen molar-refractivity contribution in [2.45, 2.75) is 71.8 Å². The van der Waals surface area contributed by atoms with Crippen LogP contribution in [0.25, 0.3) is 0 Å². The van der Waals surface area contributed by atoms with Crippen LogP contribution in [0.4, 0.5) is 0 Å². The molecule has 1 nitrogen and oxygen atoms in total. The first-order valence-corrected chi connectivity index (χ1v) is 8.51. The van der Waals surface area contributed by atoms with Crippen LogP contribution in [0.15, 0.2) is 24.3 Å². The van der Waals surface area contributed by atoms with Crippen LogP contribution in [-0.4, -0.2) is 6.54 Å². The highest BCUT2D eigenvalue weighted by molar-refractivity contribution is 5.24. The summed E-state index contributed by atoms with van der Waals surface area (Å²) >= 11 is 0. The fourth-order valence-corrected chi connectivity index (χ4v) is 3.17. The van der Waals surface area contributed by atoms with Gasteiger partial charge in [0.15, 0.2) is 0 Å². The second-order valence-corrected chi connectivity index (χ2v) is 6.65. The monoisotopic (exact) mass is 273 g/mol. The van der Waals surface area contributed by atoms with Gasteiger partial charge in [-0.05, 0) is 55.6 Å². The Balaban J connectivity index is 1.84. The quantitative estimate of drug-likeness (QED) is 0.681. The molecule has 0 spiro atoms. The summed E-state index contributed by atoms with van der Waals surface area (Å²) in [5.41, 5.74) is 3.51. The number of benzene rings is 1. The number of nitrogens with one attached hydrogen (secondary N) is 1. The average Bonchev–Trinajstić information content (AvgIpc) is 2.45. The lowest BCUT2D eigenvalue weighted by Gasteiger charge is -2.42. The van der Waals surface area contributed by atoms with Gasteiger partial charge in [-0.2, -0.15) is 0 Å². The lowest BCUT2D eigenvalue weighted by atomic mass is 9.67. The second-order valence-electron chi connectivity index (χ2n) is 6.65. The third-order valence-corrected chi connectivity index (χ3v) is 5.25. The summed E-state index contributed by atoms with van der Waals surface area (Å²) in [6.07, 6.45) is 9.37. The van der Waals surface area contributed by atoms with Crippen molar-refractivity contribution < 1.29 is 0 Å². The summed E-state index contributed by atoms with van der Waals surface area (Å²) in [7, 11) is 0. The Morgan fingerprint density at radius 3 is 2.35 bits per heavy atom. The Hall–Kier alpha value is -0.820. The molecule has 0 aliphatic heterocycles. The maximum absolute atomic E-state index is 3.76. The highest BCUT2D eigenvalue weighted by Crippen LogP contribution is 2.43. The van der Waals surface area contributed by atoms with E-state index < -0.39 is 0 Å². The minimum atomic E-state index is 0.472. The number of hydrogen-bond donors (Lipinski definition) is 1. The zero-order valence-corrected chi connectivity index (χ0v) is 13.5. The summed E-state index contributed by atoms with van der Waals surface area (Å²) in [5, 5.41) is 3.76. The predicted molar refractivity (Wildman–Crippen MR) is 88.0 cm³/mol. The van der Waals surface area contributed by atoms with Crippen molar-refractivity contribution in [2.75, 3.05) is 6.54 Å². The molecule has 1 aromatic carbocycles. The molecule has 1 aromatic rings. The van der Waals surface area contributed by atoms with E-state index in [2.05, 4.69) is 50.4 Å². The van der Waals surface area contributed by atoms with E-state index in [0.29, 0.717) is 11.5 Å². The molecule has 112 valence electrons. The Bertz CT molecular complexity index is 383. The van der Waals surface area contributed by atoms with Gasteiger partial charge in [-0.25, -0.2) is 0 Å². The fraction of sp³-hybridized carbons (Fsp3) is 0.684. The summed E-state index contributed by atoms with van der Waals surface area (Å²) in [6, 6.07) is 9.70. The maximum atomic E-state index is 3.76. The van der Waals surface area contributed by atoms with E-state index in [9.17, 15) is 0 Å². The van der Waals surface area contributed by atoms with E-state index >= 15 is 0 Å². The van der Waals surface area contributed by atoms with Gasteiger partial charge in [0.05, 0.1) is 0 Å². The molecule has 1 heteroatoms. The molecule has 0 aromatic heterocycles. The van der Waals surface area contributed by atoms with Crippen LogP contribution in [0.3, 0.4) is 0 Å². The molecule has 2 rings (SSSR count). The van der Waals surface area contributed by atoms with Crippen molar-refractivity contribution in [3.63, 3.8) is 0 Å². The molecule has 20 heavy (non-hydrogen) atoms. The van der Waals surface area contributed by atoms with Gasteiger partial charge in [-0.1, -0.05) is 51.0 Å². The molecule has 0 heterocycles. The van der Waals surface area contributed by atoms with Crippen LogP contribution in [0.2, 0.25) is 0 Å². The normalized spacial score (nSPS) is 18.6. The van der Waals surface area contributed by atoms with Gasteiger partial charge in [0.25, 0.3) is 0 Å². The topological polar surface area (TPSA) is 12.0 Å². The molecule has 1 fully saturated rings. The molecule has 0 radical (unpaired) electrons. The Morgan fingerprint density at radius 2 is 1.85 bits per heavy atom. The van der Waals surface area contributed by atoms with Gasteiger partial charge < -0.3 is 5.32 Å². The highest BCUT2D eigenvalue weighted by Gasteiger charge is 2.34. The van der Waals surface area contributed by atoms with Gasteiger partial charge in [0.1, 0.15) is 0 Å². The Morgan fingerprint density at radius 1 is 1.15 bits per heavy atom. The van der Waals surface area contributed by atoms with Gasteiger partial charge in [0, 0.05) is 12.6 Å². The van der Waals surface area contributed by atoms with Crippen LogP contribution in [0, 0.1) is 5.41 Å². The van der Waals surface area contributed by atoms with Crippen molar-refractivity contribution in [1.82, 2.24) is 5.32 Å². The number of aryl methyl sites for hydroxylation is 1. The number of hydrogen-bond acceptors (Lipinski definition) is 1. The molecule has 1 N–H and O–H groups in total. The third kappa shape index (κ3) is 3.85. The van der Waals surface area contributed by atoms with Crippen molar-refractivity contribution >= 4 is 0 Å². The van der Waals surface area contributed by atoms with Crippen molar-refractivity contribution in [3.8, 4) is 0 Å². The summed E-state index contributed by atoms with van der Waals surface area (Å²) in [5.74, 6) is 0. The summed E-state index contributed by atoms with van der Waals surface area (Å²) in [4.78, 5) is 0. The first-order valence-electron chi connectivity index (χ1n) is 8.51. The van der Waals surface area contributed by atoms with Crippen molar-refractivity contribution in [1.29, 1.82) is 0 Å². The fourth-order valence-electron chi connectivity index (χ4n) is 3.17. The van der Waals surface area contributed by atoms with Gasteiger partial charge in [0.2, 0.25) is 0 Å². The zero-order chi connectivity index (χ0) is 14.4. The van der Waals surface area contributed by atoms with Crippen LogP contribution in [0.5, 0.6) is 0 Å². The van der Waals surface area contributed by atoms with Crippen LogP contribution in [0.1, 0.15) is 76.5 Å². The first-order chi connectivity index (χ1) is 9.69. The first kappa shape index (κ1) is 15.6. The number of rotatable bonds is 8. The standard InChI is InChI=1S/C19H31N/c1-4-6-8-17-9-11-18(12-10-17)16(3)20-15-19(5-2)13-7-14-19/h9-12,16,20H,4-8,13-15H2,1-3H3. The molecule has 0 amide bonds. The third-order valence-electron chi connectivity index (χ3n) is 5.25. The number of unbranched alkanes of at least 4 members (excludes halogenated alkanes) is 1. The van der Waals surface area contributed by atoms with E-state index in [0.717, 1.165) is 0 Å². The lowest BCUT2D eigenvalue weighted by molar-refractivity contribution is 0.120. The van der Waals surface area contributed by atoms with E-state index in [4.69, 9.17) is 0 Å². The molecule has 1 saturated carbocycles. The molecule has 0 bridgehead atoms. The van der Waals surface area contributed by atoms with Crippen LogP contribution < -0.4 is 5.32 Å². The lowest BCUT2D eigenvalue weighted by Crippen LogP contribution is -2.40. The Kier molecular flexibility index (Phi) is 5.65. The van der Waals surface area contributed by atoms with Gasteiger partial charge >= 0.3 is 0 Å². The van der Waals surface area contributed by atoms with Crippen LogP contribution in [-0.2, 0) is 6.42 Å². The summed E-state index contributed by atoms with van der Waals surface area (Å²) in [6.45, 7) is 8.07. The van der Waals surface area contributed by atoms with E-state index in [1.807, 2.05) is 0 Å². The molecule has 0 saturated heterocycles. The predicted octanol–water partition coefficient (Wildman–Crippen LogP) is 5.26. The largest absolute Gasteiger partial charge is 0.310 e. The molecule has 1 aliphatic carbocycles. The minimum absolute atomic E-state index is 0.472. The van der Waals surface area contributed by atoms with Crippen molar-refractivity contribution in [3.05, 3.63) is 35.4 Å². The molecule has 1 aliphatic rings. The van der Waals surface area contributed by atoms with E-state index in [1.165, 1.54) is 62.6 Å². The van der Waals surface area contributed by atoms with E-state index in [1.54, 1.807) is 0 Å². The SMILES string of the molecule is CCCCc1ccc(C(C)NCC2(CC)CCC2)cc1. The Labute approximate surface area is 125 Å². The molecule has 1 atom stereocenters. The second kappa shape index (κ2) is 7.26. The average molecular weight is 273 g/mol. The molecular formula is C19H31N. The highest BCUT2D eigenvalue weighted by atomic mass is 14.9. The smallest absolute Gasteiger partial charge is 0.0292 e. The molecular weight excluding hydrogens is 242 g/mol. The van der Waals surface area contributed by atoms with Crippen LogP contribution >= 0.6 is 0 Å². The zero-order valence-electron chi connectivity index (χ0n) is 13.5. The van der Waals surface area contributed by atoms with E-state index in [-0.39, 0.29) is 0 Å². The minimum Gasteiger partial charge on any atom is -0.310 e.